The molecule has 0 aliphatic heterocycles. The second-order valence-electron chi connectivity index (χ2n) is 5.04. The Morgan fingerprint density at radius 1 is 1.04 bits per heavy atom. The SMILES string of the molecule is COc1ccc(CS(=O)(=O)c2cc3ccccc3oc2=O)cc1. The number of benzene rings is 2. The van der Waals surface area contributed by atoms with Crippen LogP contribution in [0, 0.1) is 0 Å². The average Bonchev–Trinajstić information content (AvgIpc) is 2.54. The highest BCUT2D eigenvalue weighted by Gasteiger charge is 2.21. The molecular formula is C17H14O5S. The van der Waals surface area contributed by atoms with Gasteiger partial charge in [0.2, 0.25) is 0 Å². The third-order valence-electron chi connectivity index (χ3n) is 3.46. The summed E-state index contributed by atoms with van der Waals surface area (Å²) in [4.78, 5) is 11.7. The smallest absolute Gasteiger partial charge is 0.355 e. The summed E-state index contributed by atoms with van der Waals surface area (Å²) in [6.45, 7) is 0. The number of fused-ring (bicyclic) bond motifs is 1. The molecule has 0 spiro atoms. The topological polar surface area (TPSA) is 73.6 Å². The first-order chi connectivity index (χ1) is 11.0. The van der Waals surface area contributed by atoms with Crippen molar-refractivity contribution in [2.75, 3.05) is 7.11 Å². The van der Waals surface area contributed by atoms with Crippen LogP contribution in [0.5, 0.6) is 5.75 Å². The first kappa shape index (κ1) is 15.3. The Hall–Kier alpha value is -2.60. The second kappa shape index (κ2) is 5.89. The molecule has 0 N–H and O–H groups in total. The lowest BCUT2D eigenvalue weighted by Gasteiger charge is -2.06. The van der Waals surface area contributed by atoms with Crippen molar-refractivity contribution in [2.45, 2.75) is 10.6 Å². The molecule has 0 unspecified atom stereocenters. The van der Waals surface area contributed by atoms with Crippen LogP contribution >= 0.6 is 0 Å². The molecule has 1 aromatic heterocycles. The van der Waals surface area contributed by atoms with Crippen molar-refractivity contribution in [3.8, 4) is 5.75 Å². The van der Waals surface area contributed by atoms with Crippen molar-refractivity contribution in [3.63, 3.8) is 0 Å². The molecule has 118 valence electrons. The molecule has 0 saturated carbocycles. The minimum absolute atomic E-state index is 0.278. The maximum absolute atomic E-state index is 12.5. The normalized spacial score (nSPS) is 11.5. The zero-order valence-corrected chi connectivity index (χ0v) is 13.2. The van der Waals surface area contributed by atoms with E-state index in [2.05, 4.69) is 0 Å². The fraction of sp³-hybridized carbons (Fsp3) is 0.118. The van der Waals surface area contributed by atoms with Gasteiger partial charge in [-0.25, -0.2) is 13.2 Å². The van der Waals surface area contributed by atoms with Gasteiger partial charge in [0.25, 0.3) is 0 Å². The number of ether oxygens (including phenoxy) is 1. The van der Waals surface area contributed by atoms with E-state index in [1.165, 1.54) is 13.2 Å². The molecular weight excluding hydrogens is 316 g/mol. The molecule has 0 fully saturated rings. The monoisotopic (exact) mass is 330 g/mol. The molecule has 0 bridgehead atoms. The molecule has 0 aliphatic rings. The van der Waals surface area contributed by atoms with Gasteiger partial charge >= 0.3 is 5.63 Å². The van der Waals surface area contributed by atoms with Crippen molar-refractivity contribution in [1.29, 1.82) is 0 Å². The van der Waals surface area contributed by atoms with Crippen LogP contribution in [0.1, 0.15) is 5.56 Å². The van der Waals surface area contributed by atoms with Crippen LogP contribution in [0.4, 0.5) is 0 Å². The molecule has 3 aromatic rings. The van der Waals surface area contributed by atoms with E-state index in [1.54, 1.807) is 48.5 Å². The summed E-state index contributed by atoms with van der Waals surface area (Å²) in [5.74, 6) is 0.358. The van der Waals surface area contributed by atoms with Crippen LogP contribution in [0.25, 0.3) is 11.0 Å². The molecule has 6 heteroatoms. The lowest BCUT2D eigenvalue weighted by Crippen LogP contribution is -2.15. The number of sulfone groups is 1. The largest absolute Gasteiger partial charge is 0.497 e. The highest BCUT2D eigenvalue weighted by Crippen LogP contribution is 2.20. The molecule has 5 nitrogen and oxygen atoms in total. The van der Waals surface area contributed by atoms with E-state index in [0.29, 0.717) is 22.3 Å². The second-order valence-corrected chi connectivity index (χ2v) is 7.00. The predicted molar refractivity (Wildman–Crippen MR) is 86.4 cm³/mol. The van der Waals surface area contributed by atoms with Crippen molar-refractivity contribution in [1.82, 2.24) is 0 Å². The van der Waals surface area contributed by atoms with Gasteiger partial charge in [0.05, 0.1) is 12.9 Å². The van der Waals surface area contributed by atoms with Gasteiger partial charge < -0.3 is 9.15 Å². The predicted octanol–water partition coefficient (Wildman–Crippen LogP) is 2.78. The zero-order valence-electron chi connectivity index (χ0n) is 12.4. The Kier molecular flexibility index (Phi) is 3.92. The summed E-state index contributed by atoms with van der Waals surface area (Å²) < 4.78 is 35.2. The third kappa shape index (κ3) is 3.12. The van der Waals surface area contributed by atoms with Crippen molar-refractivity contribution in [2.24, 2.45) is 0 Å². The molecule has 23 heavy (non-hydrogen) atoms. The Morgan fingerprint density at radius 3 is 2.43 bits per heavy atom. The Labute approximate surface area is 133 Å². The summed E-state index contributed by atoms with van der Waals surface area (Å²) in [7, 11) is -2.27. The Balaban J connectivity index is 2.01. The van der Waals surface area contributed by atoms with Gasteiger partial charge in [-0.15, -0.1) is 0 Å². The van der Waals surface area contributed by atoms with E-state index in [4.69, 9.17) is 9.15 Å². The molecule has 3 rings (SSSR count). The molecule has 0 saturated heterocycles. The van der Waals surface area contributed by atoms with Gasteiger partial charge in [-0.3, -0.25) is 0 Å². The molecule has 2 aromatic carbocycles. The fourth-order valence-electron chi connectivity index (χ4n) is 2.28. The zero-order chi connectivity index (χ0) is 16.4. The van der Waals surface area contributed by atoms with Gasteiger partial charge in [0.15, 0.2) is 14.7 Å². The Bertz CT molecular complexity index is 1000. The van der Waals surface area contributed by atoms with Gasteiger partial charge in [0, 0.05) is 5.39 Å². The van der Waals surface area contributed by atoms with Crippen LogP contribution in [0.15, 0.2) is 68.7 Å². The highest BCUT2D eigenvalue weighted by atomic mass is 32.2. The maximum Gasteiger partial charge on any atom is 0.355 e. The summed E-state index contributed by atoms with van der Waals surface area (Å²) in [5.41, 5.74) is 0.0801. The summed E-state index contributed by atoms with van der Waals surface area (Å²) in [6.07, 6.45) is 0. The van der Waals surface area contributed by atoms with Gasteiger partial charge in [-0.2, -0.15) is 0 Å². The van der Waals surface area contributed by atoms with E-state index >= 15 is 0 Å². The van der Waals surface area contributed by atoms with Crippen molar-refractivity contribution in [3.05, 3.63) is 70.6 Å². The number of para-hydroxylation sites is 1. The van der Waals surface area contributed by atoms with Crippen molar-refractivity contribution >= 4 is 20.8 Å². The number of hydrogen-bond acceptors (Lipinski definition) is 5. The minimum atomic E-state index is -3.80. The fourth-order valence-corrected chi connectivity index (χ4v) is 3.67. The lowest BCUT2D eigenvalue weighted by atomic mass is 10.2. The van der Waals surface area contributed by atoms with Crippen LogP contribution in [-0.2, 0) is 15.6 Å². The Morgan fingerprint density at radius 2 is 1.74 bits per heavy atom. The van der Waals surface area contributed by atoms with E-state index in [-0.39, 0.29) is 10.6 Å². The van der Waals surface area contributed by atoms with Crippen LogP contribution in [-0.4, -0.2) is 15.5 Å². The van der Waals surface area contributed by atoms with E-state index < -0.39 is 15.5 Å². The molecule has 0 radical (unpaired) electrons. The van der Waals surface area contributed by atoms with Gasteiger partial charge in [0.1, 0.15) is 11.3 Å². The van der Waals surface area contributed by atoms with Crippen molar-refractivity contribution < 1.29 is 17.6 Å². The van der Waals surface area contributed by atoms with Gasteiger partial charge in [-0.1, -0.05) is 30.3 Å². The van der Waals surface area contributed by atoms with Crippen LogP contribution < -0.4 is 10.4 Å². The van der Waals surface area contributed by atoms with Crippen LogP contribution in [0.3, 0.4) is 0 Å². The van der Waals surface area contributed by atoms with E-state index in [9.17, 15) is 13.2 Å². The lowest BCUT2D eigenvalue weighted by molar-refractivity contribution is 0.414. The van der Waals surface area contributed by atoms with Gasteiger partial charge in [-0.05, 0) is 29.8 Å². The quantitative estimate of drug-likeness (QED) is 0.688. The molecule has 0 aliphatic carbocycles. The minimum Gasteiger partial charge on any atom is -0.497 e. The maximum atomic E-state index is 12.5. The number of hydrogen-bond donors (Lipinski definition) is 0. The van der Waals surface area contributed by atoms with E-state index in [1.807, 2.05) is 0 Å². The standard InChI is InChI=1S/C17H14O5S/c1-21-14-8-6-12(7-9-14)11-23(19,20)16-10-13-4-2-3-5-15(13)22-17(16)18/h2-10H,11H2,1H3. The first-order valence-corrected chi connectivity index (χ1v) is 8.53. The average molecular weight is 330 g/mol. The number of rotatable bonds is 4. The summed E-state index contributed by atoms with van der Waals surface area (Å²) >= 11 is 0. The third-order valence-corrected chi connectivity index (χ3v) is 5.13. The highest BCUT2D eigenvalue weighted by molar-refractivity contribution is 7.90. The molecule has 0 atom stereocenters. The summed E-state index contributed by atoms with van der Waals surface area (Å²) in [6, 6.07) is 14.8. The number of methoxy groups -OCH3 is 1. The summed E-state index contributed by atoms with van der Waals surface area (Å²) in [5, 5.41) is 0.570. The van der Waals surface area contributed by atoms with E-state index in [0.717, 1.165) is 0 Å². The molecule has 0 amide bonds. The first-order valence-electron chi connectivity index (χ1n) is 6.88. The molecule has 1 heterocycles. The van der Waals surface area contributed by atoms with Crippen LogP contribution in [0.2, 0.25) is 0 Å².